The maximum atomic E-state index is 14.6. The van der Waals surface area contributed by atoms with E-state index in [1.165, 1.54) is 23.1 Å². The van der Waals surface area contributed by atoms with Crippen LogP contribution in [0.2, 0.25) is 0 Å². The van der Waals surface area contributed by atoms with Crippen molar-refractivity contribution < 1.29 is 22.4 Å². The van der Waals surface area contributed by atoms with Crippen LogP contribution in [0.5, 0.6) is 0 Å². The van der Waals surface area contributed by atoms with E-state index >= 15 is 0 Å². The zero-order valence-electron chi connectivity index (χ0n) is 23.9. The lowest BCUT2D eigenvalue weighted by Crippen LogP contribution is -2.51. The van der Waals surface area contributed by atoms with Gasteiger partial charge in [0.25, 0.3) is 10.0 Å². The molecule has 0 saturated heterocycles. The van der Waals surface area contributed by atoms with Gasteiger partial charge in [0, 0.05) is 18.7 Å². The molecule has 3 rings (SSSR count). The second-order valence-corrected chi connectivity index (χ2v) is 12.5. The van der Waals surface area contributed by atoms with Gasteiger partial charge in [0.15, 0.2) is 0 Å². The third kappa shape index (κ3) is 7.69. The molecule has 0 aliphatic carbocycles. The summed E-state index contributed by atoms with van der Waals surface area (Å²) in [4.78, 5) is 28.2. The van der Waals surface area contributed by atoms with Gasteiger partial charge in [0.05, 0.1) is 10.6 Å². The van der Waals surface area contributed by atoms with E-state index in [0.717, 1.165) is 21.0 Å². The Hall–Kier alpha value is -3.72. The van der Waals surface area contributed by atoms with Crippen LogP contribution in [0.4, 0.5) is 10.1 Å². The zero-order chi connectivity index (χ0) is 29.6. The molecule has 1 N–H and O–H groups in total. The van der Waals surface area contributed by atoms with Crippen molar-refractivity contribution >= 4 is 27.5 Å². The van der Waals surface area contributed by atoms with Gasteiger partial charge in [0.2, 0.25) is 11.8 Å². The van der Waals surface area contributed by atoms with Gasteiger partial charge in [-0.15, -0.1) is 0 Å². The average molecular weight is 568 g/mol. The fourth-order valence-corrected chi connectivity index (χ4v) is 5.70. The van der Waals surface area contributed by atoms with Gasteiger partial charge < -0.3 is 10.2 Å². The number of benzene rings is 3. The van der Waals surface area contributed by atoms with E-state index in [2.05, 4.69) is 5.32 Å². The van der Waals surface area contributed by atoms with Crippen molar-refractivity contribution in [3.63, 3.8) is 0 Å². The van der Waals surface area contributed by atoms with Crippen molar-refractivity contribution in [1.29, 1.82) is 0 Å². The molecule has 0 aromatic heterocycles. The predicted octanol–water partition coefficient (Wildman–Crippen LogP) is 5.14. The molecule has 0 saturated carbocycles. The smallest absolute Gasteiger partial charge is 0.264 e. The van der Waals surface area contributed by atoms with Crippen LogP contribution >= 0.6 is 0 Å². The molecule has 3 aromatic carbocycles. The van der Waals surface area contributed by atoms with E-state index in [0.29, 0.717) is 12.2 Å². The van der Waals surface area contributed by atoms with Crippen molar-refractivity contribution in [3.05, 3.63) is 94.8 Å². The first kappa shape index (κ1) is 30.8. The summed E-state index contributed by atoms with van der Waals surface area (Å²) in [6, 6.07) is 16.7. The lowest BCUT2D eigenvalue weighted by Gasteiger charge is -2.32. The minimum absolute atomic E-state index is 0.0356. The summed E-state index contributed by atoms with van der Waals surface area (Å²) in [7, 11) is -4.17. The van der Waals surface area contributed by atoms with E-state index in [1.807, 2.05) is 40.7 Å². The Kier molecular flexibility index (Phi) is 10.1. The van der Waals surface area contributed by atoms with E-state index < -0.39 is 40.2 Å². The average Bonchev–Trinajstić information content (AvgIpc) is 2.88. The molecular weight excluding hydrogens is 529 g/mol. The van der Waals surface area contributed by atoms with Crippen molar-refractivity contribution in [3.8, 4) is 0 Å². The van der Waals surface area contributed by atoms with Crippen LogP contribution in [0, 0.1) is 32.5 Å². The molecule has 0 radical (unpaired) electrons. The van der Waals surface area contributed by atoms with Crippen LogP contribution in [0.3, 0.4) is 0 Å². The SMILES string of the molecule is Cc1ccc(S(=O)(=O)N(CC(=O)N(Cc2ccccc2F)C(C)C(=O)NCC(C)C)c2cc(C)cc(C)c2)cc1. The summed E-state index contributed by atoms with van der Waals surface area (Å²) in [6.45, 7) is 10.6. The largest absolute Gasteiger partial charge is 0.354 e. The van der Waals surface area contributed by atoms with Gasteiger partial charge in [-0.05, 0) is 75.1 Å². The Bertz CT molecular complexity index is 1440. The fraction of sp³-hybridized carbons (Fsp3) is 0.355. The quantitative estimate of drug-likeness (QED) is 0.348. The number of carbonyl (C=O) groups excluding carboxylic acids is 2. The third-order valence-corrected chi connectivity index (χ3v) is 8.32. The standard InChI is InChI=1S/C31H38FN3O4S/c1-21(2)18-33-31(37)25(6)34(19-26-9-7-8-10-29(26)32)30(36)20-35(27-16-23(4)15-24(5)17-27)40(38,39)28-13-11-22(3)12-14-28/h7-17,21,25H,18-20H2,1-6H3,(H,33,37). The summed E-state index contributed by atoms with van der Waals surface area (Å²) >= 11 is 0. The lowest BCUT2D eigenvalue weighted by molar-refractivity contribution is -0.139. The van der Waals surface area contributed by atoms with E-state index in [4.69, 9.17) is 0 Å². The Labute approximate surface area is 237 Å². The minimum Gasteiger partial charge on any atom is -0.354 e. The van der Waals surface area contributed by atoms with Crippen LogP contribution < -0.4 is 9.62 Å². The van der Waals surface area contributed by atoms with E-state index in [9.17, 15) is 22.4 Å². The number of nitrogens with one attached hydrogen (secondary N) is 1. The summed E-state index contributed by atoms with van der Waals surface area (Å²) in [5.41, 5.74) is 3.10. The normalized spacial score (nSPS) is 12.2. The second-order valence-electron chi connectivity index (χ2n) is 10.6. The van der Waals surface area contributed by atoms with Crippen molar-refractivity contribution in [2.24, 2.45) is 5.92 Å². The molecule has 7 nitrogen and oxygen atoms in total. The van der Waals surface area contributed by atoms with E-state index in [1.54, 1.807) is 49.4 Å². The number of sulfonamides is 1. The molecular formula is C31H38FN3O4S. The predicted molar refractivity (Wildman–Crippen MR) is 156 cm³/mol. The van der Waals surface area contributed by atoms with Crippen LogP contribution in [-0.2, 0) is 26.2 Å². The highest BCUT2D eigenvalue weighted by Crippen LogP contribution is 2.27. The van der Waals surface area contributed by atoms with Gasteiger partial charge in [-0.25, -0.2) is 12.8 Å². The molecule has 0 aliphatic heterocycles. The summed E-state index contributed by atoms with van der Waals surface area (Å²) in [5, 5.41) is 2.82. The Morgan fingerprint density at radius 3 is 2.05 bits per heavy atom. The second kappa shape index (κ2) is 13.1. The van der Waals surface area contributed by atoms with Gasteiger partial charge >= 0.3 is 0 Å². The molecule has 0 heterocycles. The first-order valence-corrected chi connectivity index (χ1v) is 14.7. The maximum absolute atomic E-state index is 14.6. The van der Waals surface area contributed by atoms with E-state index in [-0.39, 0.29) is 22.9 Å². The topological polar surface area (TPSA) is 86.8 Å². The molecule has 3 aromatic rings. The number of anilines is 1. The maximum Gasteiger partial charge on any atom is 0.264 e. The van der Waals surface area contributed by atoms with Crippen molar-refractivity contribution in [2.45, 2.75) is 59.0 Å². The molecule has 0 aliphatic rings. The zero-order valence-corrected chi connectivity index (χ0v) is 24.8. The van der Waals surface area contributed by atoms with Gasteiger partial charge in [-0.2, -0.15) is 0 Å². The number of amides is 2. The summed E-state index contributed by atoms with van der Waals surface area (Å²) in [6.07, 6.45) is 0. The van der Waals surface area contributed by atoms with Gasteiger partial charge in [0.1, 0.15) is 18.4 Å². The Balaban J connectivity index is 2.06. The van der Waals surface area contributed by atoms with Gasteiger partial charge in [-0.3, -0.25) is 13.9 Å². The number of hydrogen-bond acceptors (Lipinski definition) is 4. The Morgan fingerprint density at radius 1 is 0.875 bits per heavy atom. The molecule has 1 unspecified atom stereocenters. The molecule has 0 fully saturated rings. The molecule has 9 heteroatoms. The molecule has 0 spiro atoms. The number of hydrogen-bond donors (Lipinski definition) is 1. The number of aryl methyl sites for hydroxylation is 3. The first-order chi connectivity index (χ1) is 18.8. The fourth-order valence-electron chi connectivity index (χ4n) is 4.31. The number of nitrogens with zero attached hydrogens (tertiary/aromatic N) is 2. The van der Waals surface area contributed by atoms with Gasteiger partial charge in [-0.1, -0.05) is 55.8 Å². The monoisotopic (exact) mass is 567 g/mol. The Morgan fingerprint density at radius 2 is 1.48 bits per heavy atom. The van der Waals surface area contributed by atoms with Crippen LogP contribution in [0.25, 0.3) is 0 Å². The molecule has 1 atom stereocenters. The molecule has 40 heavy (non-hydrogen) atoms. The lowest BCUT2D eigenvalue weighted by atomic mass is 10.1. The van der Waals surface area contributed by atoms with Crippen LogP contribution in [0.1, 0.15) is 43.0 Å². The van der Waals surface area contributed by atoms with Crippen LogP contribution in [-0.4, -0.2) is 44.3 Å². The minimum atomic E-state index is -4.17. The molecule has 2 amide bonds. The van der Waals surface area contributed by atoms with Crippen molar-refractivity contribution in [1.82, 2.24) is 10.2 Å². The number of carbonyl (C=O) groups is 2. The van der Waals surface area contributed by atoms with Crippen LogP contribution in [0.15, 0.2) is 71.6 Å². The highest BCUT2D eigenvalue weighted by Gasteiger charge is 2.33. The third-order valence-electron chi connectivity index (χ3n) is 6.53. The summed E-state index contributed by atoms with van der Waals surface area (Å²) in [5.74, 6) is -1.37. The number of rotatable bonds is 11. The first-order valence-electron chi connectivity index (χ1n) is 13.3. The molecule has 0 bridgehead atoms. The van der Waals surface area contributed by atoms with Crippen molar-refractivity contribution in [2.75, 3.05) is 17.4 Å². The highest BCUT2D eigenvalue weighted by molar-refractivity contribution is 7.92. The number of halogens is 1. The highest BCUT2D eigenvalue weighted by atomic mass is 32.2. The molecule has 214 valence electrons. The summed E-state index contributed by atoms with van der Waals surface area (Å²) < 4.78 is 43.6.